The van der Waals surface area contributed by atoms with Crippen LogP contribution in [0.3, 0.4) is 0 Å². The van der Waals surface area contributed by atoms with Crippen molar-refractivity contribution in [1.82, 2.24) is 4.31 Å². The summed E-state index contributed by atoms with van der Waals surface area (Å²) in [6, 6.07) is 1.34. The number of halogens is 4. The van der Waals surface area contributed by atoms with Crippen molar-refractivity contribution in [3.05, 3.63) is 29.6 Å². The summed E-state index contributed by atoms with van der Waals surface area (Å²) in [6.07, 6.45) is 0.536. The van der Waals surface area contributed by atoms with Crippen LogP contribution < -0.4 is 5.73 Å². The van der Waals surface area contributed by atoms with Crippen LogP contribution in [0.2, 0.25) is 0 Å². The number of nitrogens with zero attached hydrogens (tertiary/aromatic N) is 1. The van der Waals surface area contributed by atoms with Crippen LogP contribution in [0.4, 0.5) is 13.2 Å². The van der Waals surface area contributed by atoms with Crippen molar-refractivity contribution < 1.29 is 21.6 Å². The average molecular weight is 345 g/mol. The van der Waals surface area contributed by atoms with Gasteiger partial charge in [-0.05, 0) is 30.5 Å². The fraction of sp³-hybridized carbons (Fsp3) is 0.500. The van der Waals surface area contributed by atoms with Gasteiger partial charge in [0.2, 0.25) is 10.0 Å². The maximum absolute atomic E-state index is 13.6. The lowest BCUT2D eigenvalue weighted by molar-refractivity contribution is 0.348. The molecule has 2 N–H and O–H groups in total. The van der Waals surface area contributed by atoms with Gasteiger partial charge in [0.05, 0.1) is 0 Å². The fourth-order valence-electron chi connectivity index (χ4n) is 2.20. The molecular weight excluding hydrogens is 329 g/mol. The first-order chi connectivity index (χ1) is 9.21. The lowest BCUT2D eigenvalue weighted by atomic mass is 9.90. The summed E-state index contributed by atoms with van der Waals surface area (Å²) in [4.78, 5) is -0.849. The maximum Gasteiger partial charge on any atom is 0.246 e. The van der Waals surface area contributed by atoms with Gasteiger partial charge in [0, 0.05) is 13.1 Å². The molecule has 0 spiro atoms. The summed E-state index contributed by atoms with van der Waals surface area (Å²) in [5.74, 6) is -4.90. The van der Waals surface area contributed by atoms with Gasteiger partial charge in [-0.3, -0.25) is 0 Å². The van der Waals surface area contributed by atoms with Gasteiger partial charge in [-0.15, -0.1) is 12.4 Å². The van der Waals surface area contributed by atoms with Gasteiger partial charge in [0.25, 0.3) is 0 Å². The first-order valence-corrected chi connectivity index (χ1v) is 7.49. The van der Waals surface area contributed by atoms with E-state index in [-0.39, 0.29) is 30.9 Å². The number of hydrogen-bond acceptors (Lipinski definition) is 3. The van der Waals surface area contributed by atoms with Crippen LogP contribution >= 0.6 is 12.4 Å². The Bertz CT molecular complexity index is 642. The van der Waals surface area contributed by atoms with Crippen LogP contribution in [0.15, 0.2) is 17.0 Å². The van der Waals surface area contributed by atoms with E-state index in [1.807, 2.05) is 6.92 Å². The quantitative estimate of drug-likeness (QED) is 0.852. The lowest BCUT2D eigenvalue weighted by Gasteiger charge is -2.22. The molecule has 21 heavy (non-hydrogen) atoms. The molecule has 1 heterocycles. The molecular formula is C12H16ClF3N2O2S. The Labute approximate surface area is 127 Å². The van der Waals surface area contributed by atoms with Crippen LogP contribution in [0.25, 0.3) is 0 Å². The Kier molecular flexibility index (Phi) is 5.31. The van der Waals surface area contributed by atoms with Crippen LogP contribution in [-0.2, 0) is 10.0 Å². The number of hydrogen-bond donors (Lipinski definition) is 1. The van der Waals surface area contributed by atoms with Crippen molar-refractivity contribution in [3.8, 4) is 0 Å². The highest BCUT2D eigenvalue weighted by molar-refractivity contribution is 7.89. The number of rotatable bonds is 3. The fourth-order valence-corrected chi connectivity index (χ4v) is 3.84. The van der Waals surface area contributed by atoms with E-state index in [0.717, 1.165) is 10.4 Å². The molecule has 0 radical (unpaired) electrons. The van der Waals surface area contributed by atoms with E-state index < -0.39 is 32.4 Å². The molecule has 1 saturated heterocycles. The summed E-state index contributed by atoms with van der Waals surface area (Å²) in [5.41, 5.74) is 5.19. The highest BCUT2D eigenvalue weighted by Gasteiger charge is 2.40. The van der Waals surface area contributed by atoms with Crippen molar-refractivity contribution >= 4 is 22.4 Å². The third kappa shape index (κ3) is 3.18. The third-order valence-corrected chi connectivity index (χ3v) is 5.50. The summed E-state index contributed by atoms with van der Waals surface area (Å²) in [7, 11) is -4.19. The minimum absolute atomic E-state index is 0. The molecule has 120 valence electrons. The van der Waals surface area contributed by atoms with E-state index in [4.69, 9.17) is 5.73 Å². The molecule has 1 aromatic carbocycles. The Morgan fingerprint density at radius 3 is 2.43 bits per heavy atom. The minimum atomic E-state index is -4.19. The second-order valence-electron chi connectivity index (χ2n) is 5.28. The number of benzene rings is 1. The number of sulfonamides is 1. The smallest absolute Gasteiger partial charge is 0.246 e. The van der Waals surface area contributed by atoms with E-state index >= 15 is 0 Å². The zero-order valence-corrected chi connectivity index (χ0v) is 12.9. The van der Waals surface area contributed by atoms with Gasteiger partial charge in [0.1, 0.15) is 4.90 Å². The zero-order valence-electron chi connectivity index (χ0n) is 11.3. The Balaban J connectivity index is 0.00000220. The summed E-state index contributed by atoms with van der Waals surface area (Å²) < 4.78 is 65.3. The van der Waals surface area contributed by atoms with Gasteiger partial charge < -0.3 is 5.73 Å². The highest BCUT2D eigenvalue weighted by Crippen LogP contribution is 2.33. The SMILES string of the molecule is CC1(CN)CCN(S(=O)(=O)c2ccc(F)c(F)c2F)C1.Cl. The molecule has 0 aromatic heterocycles. The van der Waals surface area contributed by atoms with Crippen molar-refractivity contribution in [3.63, 3.8) is 0 Å². The van der Waals surface area contributed by atoms with Gasteiger partial charge in [-0.2, -0.15) is 4.31 Å². The zero-order chi connectivity index (χ0) is 15.1. The third-order valence-electron chi connectivity index (χ3n) is 3.63. The lowest BCUT2D eigenvalue weighted by Crippen LogP contribution is -2.35. The van der Waals surface area contributed by atoms with Crippen molar-refractivity contribution in [1.29, 1.82) is 0 Å². The van der Waals surface area contributed by atoms with E-state index in [9.17, 15) is 21.6 Å². The largest absolute Gasteiger partial charge is 0.330 e. The summed E-state index contributed by atoms with van der Waals surface area (Å²) >= 11 is 0. The summed E-state index contributed by atoms with van der Waals surface area (Å²) in [6.45, 7) is 2.42. The Morgan fingerprint density at radius 2 is 1.90 bits per heavy atom. The van der Waals surface area contributed by atoms with Crippen molar-refractivity contribution in [2.24, 2.45) is 11.1 Å². The van der Waals surface area contributed by atoms with Gasteiger partial charge in [0.15, 0.2) is 17.5 Å². The predicted octanol–water partition coefficient (Wildman–Crippen LogP) is 1.89. The van der Waals surface area contributed by atoms with Crippen LogP contribution in [0.1, 0.15) is 13.3 Å². The normalized spacial score (nSPS) is 23.1. The molecule has 1 atom stereocenters. The predicted molar refractivity (Wildman–Crippen MR) is 74.1 cm³/mol. The Hall–Kier alpha value is -0.830. The Morgan fingerprint density at radius 1 is 1.29 bits per heavy atom. The molecule has 1 aliphatic heterocycles. The molecule has 1 fully saturated rings. The van der Waals surface area contributed by atoms with E-state index in [0.29, 0.717) is 19.0 Å². The molecule has 9 heteroatoms. The molecule has 0 saturated carbocycles. The molecule has 1 aromatic rings. The van der Waals surface area contributed by atoms with E-state index in [2.05, 4.69) is 0 Å². The average Bonchev–Trinajstić information content (AvgIpc) is 2.80. The van der Waals surface area contributed by atoms with Gasteiger partial charge >= 0.3 is 0 Å². The van der Waals surface area contributed by atoms with E-state index in [1.165, 1.54) is 0 Å². The molecule has 0 aliphatic carbocycles. The van der Waals surface area contributed by atoms with Crippen LogP contribution in [0, 0.1) is 22.9 Å². The molecule has 1 aliphatic rings. The van der Waals surface area contributed by atoms with E-state index in [1.54, 1.807) is 0 Å². The number of nitrogens with two attached hydrogens (primary N) is 1. The van der Waals surface area contributed by atoms with Crippen LogP contribution in [0.5, 0.6) is 0 Å². The minimum Gasteiger partial charge on any atom is -0.330 e. The van der Waals surface area contributed by atoms with Crippen molar-refractivity contribution in [2.75, 3.05) is 19.6 Å². The first-order valence-electron chi connectivity index (χ1n) is 6.05. The second kappa shape index (κ2) is 6.12. The van der Waals surface area contributed by atoms with Gasteiger partial charge in [-0.1, -0.05) is 6.92 Å². The first kappa shape index (κ1) is 18.2. The molecule has 1 unspecified atom stereocenters. The summed E-state index contributed by atoms with van der Waals surface area (Å²) in [5, 5.41) is 0. The second-order valence-corrected chi connectivity index (χ2v) is 7.18. The standard InChI is InChI=1S/C12H15F3N2O2S.ClH/c1-12(6-16)4-5-17(7-12)20(18,19)9-3-2-8(13)10(14)11(9)15;/h2-3H,4-7,16H2,1H3;1H. The molecule has 2 rings (SSSR count). The monoisotopic (exact) mass is 344 g/mol. The highest BCUT2D eigenvalue weighted by atomic mass is 35.5. The molecule has 0 bridgehead atoms. The van der Waals surface area contributed by atoms with Crippen LogP contribution in [-0.4, -0.2) is 32.4 Å². The topological polar surface area (TPSA) is 63.4 Å². The molecule has 4 nitrogen and oxygen atoms in total. The van der Waals surface area contributed by atoms with Crippen molar-refractivity contribution in [2.45, 2.75) is 18.2 Å². The maximum atomic E-state index is 13.6. The van der Waals surface area contributed by atoms with Gasteiger partial charge in [-0.25, -0.2) is 21.6 Å². The molecule has 0 amide bonds.